The van der Waals surface area contributed by atoms with Crippen LogP contribution in [0.4, 0.5) is 34.1 Å². The van der Waals surface area contributed by atoms with Crippen molar-refractivity contribution in [2.45, 2.75) is 18.3 Å². The van der Waals surface area contributed by atoms with Crippen molar-refractivity contribution < 1.29 is 40.1 Å². The number of hydrogen-bond acceptors (Lipinski definition) is 16. The van der Waals surface area contributed by atoms with Gasteiger partial charge in [-0.25, -0.2) is 0 Å². The van der Waals surface area contributed by atoms with Crippen molar-refractivity contribution in [1.82, 2.24) is 0 Å². The van der Waals surface area contributed by atoms with Crippen LogP contribution in [0.5, 0.6) is 0 Å². The average molecular weight is 538 g/mol. The fourth-order valence-corrected chi connectivity index (χ4v) is 2.72. The first-order chi connectivity index (χ1) is 17.9. The molecule has 20 heteroatoms. The van der Waals surface area contributed by atoms with E-state index in [4.69, 9.17) is 5.11 Å². The van der Waals surface area contributed by atoms with Crippen LogP contribution in [0.3, 0.4) is 0 Å². The van der Waals surface area contributed by atoms with Gasteiger partial charge < -0.3 is 20.4 Å². The van der Waals surface area contributed by atoms with Gasteiger partial charge in [0.1, 0.15) is 35.4 Å². The molecule has 0 saturated heterocycles. The largest absolute Gasteiger partial charge is 0.394 e. The smallest absolute Gasteiger partial charge is 0.301 e. The van der Waals surface area contributed by atoms with Gasteiger partial charge in [0, 0.05) is 12.1 Å². The van der Waals surface area contributed by atoms with Gasteiger partial charge in [0.05, 0.1) is 44.6 Å². The molecule has 0 radical (unpaired) electrons. The minimum absolute atomic E-state index is 0.333. The molecular formula is C18H18N8O12. The first-order valence-electron chi connectivity index (χ1n) is 10.0. The Hall–Kier alpha value is -5.18. The summed E-state index contributed by atoms with van der Waals surface area (Å²) in [6.45, 7) is -0.989. The van der Waals surface area contributed by atoms with Crippen molar-refractivity contribution in [2.75, 3.05) is 17.5 Å². The summed E-state index contributed by atoms with van der Waals surface area (Å²) in [6.07, 6.45) is -5.36. The molecule has 0 bridgehead atoms. The van der Waals surface area contributed by atoms with Crippen LogP contribution in [0, 0.1) is 40.5 Å². The average Bonchev–Trinajstić information content (AvgIpc) is 2.88. The van der Waals surface area contributed by atoms with Crippen LogP contribution in [0.25, 0.3) is 0 Å². The van der Waals surface area contributed by atoms with Crippen molar-refractivity contribution >= 4 is 46.1 Å². The number of aliphatic hydroxyl groups excluding tert-OH is 4. The van der Waals surface area contributed by atoms with Crippen LogP contribution < -0.4 is 10.9 Å². The number of rotatable bonds is 13. The number of nitro benzene ring substituents is 4. The highest BCUT2D eigenvalue weighted by molar-refractivity contribution is 6.33. The topological polar surface area (TPSA) is 302 Å². The molecule has 38 heavy (non-hydrogen) atoms. The summed E-state index contributed by atoms with van der Waals surface area (Å²) in [6, 6.07) is 5.02. The quantitative estimate of drug-likeness (QED) is 0.113. The molecule has 0 amide bonds. The Balaban J connectivity index is 2.44. The summed E-state index contributed by atoms with van der Waals surface area (Å²) < 4.78 is 0. The molecule has 0 heterocycles. The van der Waals surface area contributed by atoms with Gasteiger partial charge in [-0.3, -0.25) is 51.3 Å². The van der Waals surface area contributed by atoms with Gasteiger partial charge in [0.2, 0.25) is 0 Å². The van der Waals surface area contributed by atoms with Crippen LogP contribution >= 0.6 is 0 Å². The van der Waals surface area contributed by atoms with Crippen molar-refractivity contribution in [3.8, 4) is 0 Å². The molecule has 0 fully saturated rings. The van der Waals surface area contributed by atoms with Crippen molar-refractivity contribution in [3.63, 3.8) is 0 Å². The summed E-state index contributed by atoms with van der Waals surface area (Å²) in [7, 11) is 0. The first-order valence-corrected chi connectivity index (χ1v) is 10.0. The zero-order chi connectivity index (χ0) is 28.6. The molecule has 3 atom stereocenters. The number of nitrogens with zero attached hydrogens (tertiary/aromatic N) is 6. The summed E-state index contributed by atoms with van der Waals surface area (Å²) in [5, 5.41) is 90.6. The molecule has 0 unspecified atom stereocenters. The molecule has 202 valence electrons. The van der Waals surface area contributed by atoms with E-state index in [1.54, 1.807) is 0 Å². The number of anilines is 2. The molecule has 0 aromatic heterocycles. The molecule has 2 aromatic rings. The molecule has 0 saturated carbocycles. The molecule has 0 aliphatic heterocycles. The normalized spacial score (nSPS) is 13.9. The minimum Gasteiger partial charge on any atom is -0.394 e. The maximum absolute atomic E-state index is 11.3. The lowest BCUT2D eigenvalue weighted by molar-refractivity contribution is -0.393. The van der Waals surface area contributed by atoms with Gasteiger partial charge in [-0.2, -0.15) is 10.2 Å². The van der Waals surface area contributed by atoms with Crippen LogP contribution in [0.1, 0.15) is 0 Å². The van der Waals surface area contributed by atoms with Gasteiger partial charge in [0.25, 0.3) is 11.4 Å². The highest BCUT2D eigenvalue weighted by atomic mass is 16.6. The highest BCUT2D eigenvalue weighted by Crippen LogP contribution is 2.30. The first kappa shape index (κ1) is 29.1. The maximum Gasteiger partial charge on any atom is 0.301 e. The van der Waals surface area contributed by atoms with E-state index in [2.05, 4.69) is 21.1 Å². The SMILES string of the molecule is O=[N+]([O-])c1ccc(N/N=C\C(=N/Nc2ccc([N+](=O)[O-])cc2[N+](=O)[O-])[C@H](O)[C@H](O)[C@H](O)CO)c([N+](=O)[O-])c1. The van der Waals surface area contributed by atoms with E-state index in [1.807, 2.05) is 0 Å². The fourth-order valence-electron chi connectivity index (χ4n) is 2.72. The van der Waals surface area contributed by atoms with E-state index in [9.17, 15) is 55.8 Å². The van der Waals surface area contributed by atoms with Crippen LogP contribution in [0.2, 0.25) is 0 Å². The monoisotopic (exact) mass is 538 g/mol. The molecule has 2 rings (SSSR count). The van der Waals surface area contributed by atoms with Crippen molar-refractivity contribution in [2.24, 2.45) is 10.2 Å². The van der Waals surface area contributed by atoms with Gasteiger partial charge >= 0.3 is 11.4 Å². The lowest BCUT2D eigenvalue weighted by Gasteiger charge is -2.21. The standard InChI is InChI=1S/C18H18N8O12/c27-8-16(28)18(30)17(29)13(22-21-12-4-2-10(24(33)34)6-15(12)26(37)38)7-19-20-11-3-1-9(23(31)32)5-14(11)25(35)36/h1-7,16-18,20-21,27-30H,8H2/b19-7-,22-13+/t16-,17+,18-/m1/s1. The predicted molar refractivity (Wildman–Crippen MR) is 128 cm³/mol. The fraction of sp³-hybridized carbons (Fsp3) is 0.222. The summed E-state index contributed by atoms with van der Waals surface area (Å²) in [5.74, 6) is 0. The number of hydrazone groups is 2. The van der Waals surface area contributed by atoms with Crippen molar-refractivity contribution in [3.05, 3.63) is 76.9 Å². The van der Waals surface area contributed by atoms with Gasteiger partial charge in [-0.15, -0.1) is 0 Å². The third-order valence-corrected chi connectivity index (χ3v) is 4.67. The summed E-state index contributed by atoms with van der Waals surface area (Å²) in [4.78, 5) is 40.7. The Bertz CT molecular complexity index is 1300. The Morgan fingerprint density at radius 3 is 1.71 bits per heavy atom. The zero-order valence-electron chi connectivity index (χ0n) is 18.7. The van der Waals surface area contributed by atoms with Gasteiger partial charge in [-0.1, -0.05) is 0 Å². The lowest BCUT2D eigenvalue weighted by Crippen LogP contribution is -2.44. The predicted octanol–water partition coefficient (Wildman–Crippen LogP) is 0.260. The van der Waals surface area contributed by atoms with E-state index in [1.165, 1.54) is 0 Å². The Labute approximate surface area is 209 Å². The lowest BCUT2D eigenvalue weighted by atomic mass is 10.0. The second-order valence-electron chi connectivity index (χ2n) is 7.14. The minimum atomic E-state index is -2.10. The molecular weight excluding hydrogens is 520 g/mol. The summed E-state index contributed by atoms with van der Waals surface area (Å²) >= 11 is 0. The van der Waals surface area contributed by atoms with E-state index in [0.717, 1.165) is 24.3 Å². The number of nitrogens with one attached hydrogen (secondary N) is 2. The van der Waals surface area contributed by atoms with Crippen LogP contribution in [-0.2, 0) is 0 Å². The third-order valence-electron chi connectivity index (χ3n) is 4.67. The summed E-state index contributed by atoms with van der Waals surface area (Å²) in [5.41, 5.74) is 0.248. The number of benzene rings is 2. The van der Waals surface area contributed by atoms with E-state index in [-0.39, 0.29) is 5.69 Å². The number of non-ortho nitro benzene ring substituents is 2. The third kappa shape index (κ3) is 7.17. The Kier molecular flexibility index (Phi) is 9.70. The molecule has 2 aromatic carbocycles. The van der Waals surface area contributed by atoms with Crippen molar-refractivity contribution in [1.29, 1.82) is 0 Å². The molecule has 0 aliphatic carbocycles. The van der Waals surface area contributed by atoms with E-state index in [0.29, 0.717) is 18.3 Å². The number of hydrogen-bond donors (Lipinski definition) is 6. The number of nitro groups is 4. The Morgan fingerprint density at radius 2 is 1.29 bits per heavy atom. The second kappa shape index (κ2) is 12.7. The van der Waals surface area contributed by atoms with Gasteiger partial charge in [-0.05, 0) is 12.1 Å². The Morgan fingerprint density at radius 1 is 0.816 bits per heavy atom. The molecule has 0 aliphatic rings. The molecule has 0 spiro atoms. The molecule has 6 N–H and O–H groups in total. The van der Waals surface area contributed by atoms with Crippen LogP contribution in [-0.4, -0.2) is 77.0 Å². The maximum atomic E-state index is 11.3. The zero-order valence-corrected chi connectivity index (χ0v) is 18.7. The van der Waals surface area contributed by atoms with Gasteiger partial charge in [0.15, 0.2) is 0 Å². The van der Waals surface area contributed by atoms with E-state index < -0.39 is 78.8 Å². The highest BCUT2D eigenvalue weighted by Gasteiger charge is 2.28. The van der Waals surface area contributed by atoms with Crippen LogP contribution in [0.15, 0.2) is 46.6 Å². The number of aliphatic hydroxyl groups is 4. The molecule has 20 nitrogen and oxygen atoms in total. The second-order valence-corrected chi connectivity index (χ2v) is 7.14. The van der Waals surface area contributed by atoms with E-state index >= 15 is 0 Å².